The van der Waals surface area contributed by atoms with Crippen LogP contribution in [0.3, 0.4) is 0 Å². The second kappa shape index (κ2) is 3.20. The largest absolute Gasteiger partial charge is 0.307 e. The van der Waals surface area contributed by atoms with E-state index in [2.05, 4.69) is 36.3 Å². The Bertz CT molecular complexity index is 480. The molecule has 0 saturated heterocycles. The van der Waals surface area contributed by atoms with Gasteiger partial charge < -0.3 is 5.43 Å². The standard InChI is InChI=1S/C10H15N5/c1-10(2,3)8-6-7-9(13-11)12-4-5-15(7)14-8/h4-6H,11H2,1-3H3,(H,12,13). The van der Waals surface area contributed by atoms with Crippen molar-refractivity contribution in [3.63, 3.8) is 0 Å². The van der Waals surface area contributed by atoms with Gasteiger partial charge in [-0.05, 0) is 6.07 Å². The molecular weight excluding hydrogens is 190 g/mol. The number of rotatable bonds is 1. The molecule has 0 atom stereocenters. The van der Waals surface area contributed by atoms with E-state index in [9.17, 15) is 0 Å². The summed E-state index contributed by atoms with van der Waals surface area (Å²) in [4.78, 5) is 4.12. The Morgan fingerprint density at radius 3 is 2.73 bits per heavy atom. The minimum absolute atomic E-state index is 0.0257. The summed E-state index contributed by atoms with van der Waals surface area (Å²) in [5, 5.41) is 4.47. The fourth-order valence-corrected chi connectivity index (χ4v) is 1.40. The van der Waals surface area contributed by atoms with Crippen LogP contribution in [0.4, 0.5) is 5.82 Å². The first-order chi connectivity index (χ1) is 7.02. The Kier molecular flexibility index (Phi) is 2.12. The number of hydrazine groups is 1. The summed E-state index contributed by atoms with van der Waals surface area (Å²) in [5.74, 6) is 6.02. The predicted octanol–water partition coefficient (Wildman–Crippen LogP) is 1.31. The third-order valence-electron chi connectivity index (χ3n) is 2.29. The van der Waals surface area contributed by atoms with Crippen molar-refractivity contribution < 1.29 is 0 Å². The van der Waals surface area contributed by atoms with Crippen molar-refractivity contribution in [2.24, 2.45) is 5.84 Å². The molecule has 0 fully saturated rings. The van der Waals surface area contributed by atoms with E-state index >= 15 is 0 Å². The van der Waals surface area contributed by atoms with Gasteiger partial charge in [-0.1, -0.05) is 20.8 Å². The van der Waals surface area contributed by atoms with Crippen molar-refractivity contribution >= 4 is 11.3 Å². The van der Waals surface area contributed by atoms with Crippen LogP contribution in [0.2, 0.25) is 0 Å². The van der Waals surface area contributed by atoms with Crippen molar-refractivity contribution in [2.45, 2.75) is 26.2 Å². The van der Waals surface area contributed by atoms with Crippen LogP contribution in [-0.2, 0) is 5.41 Å². The molecule has 0 aliphatic rings. The molecule has 5 nitrogen and oxygen atoms in total. The summed E-state index contributed by atoms with van der Waals surface area (Å²) in [7, 11) is 0. The molecule has 0 aromatic carbocycles. The zero-order valence-electron chi connectivity index (χ0n) is 9.15. The number of anilines is 1. The molecule has 0 aliphatic carbocycles. The number of nitrogens with two attached hydrogens (primary N) is 1. The minimum Gasteiger partial charge on any atom is -0.307 e. The lowest BCUT2D eigenvalue weighted by Gasteiger charge is -2.13. The monoisotopic (exact) mass is 205 g/mol. The summed E-state index contributed by atoms with van der Waals surface area (Å²) in [6.45, 7) is 6.37. The Morgan fingerprint density at radius 1 is 1.40 bits per heavy atom. The maximum absolute atomic E-state index is 5.38. The molecule has 5 heteroatoms. The van der Waals surface area contributed by atoms with E-state index in [0.29, 0.717) is 5.82 Å². The van der Waals surface area contributed by atoms with Gasteiger partial charge in [0.15, 0.2) is 5.82 Å². The zero-order valence-corrected chi connectivity index (χ0v) is 9.15. The smallest absolute Gasteiger partial charge is 0.166 e. The Labute approximate surface area is 88.3 Å². The summed E-state index contributed by atoms with van der Waals surface area (Å²) < 4.78 is 1.78. The van der Waals surface area contributed by atoms with E-state index in [4.69, 9.17) is 5.84 Å². The van der Waals surface area contributed by atoms with Gasteiger partial charge >= 0.3 is 0 Å². The highest BCUT2D eigenvalue weighted by atomic mass is 15.3. The summed E-state index contributed by atoms with van der Waals surface area (Å²) in [5.41, 5.74) is 4.50. The van der Waals surface area contributed by atoms with E-state index < -0.39 is 0 Å². The van der Waals surface area contributed by atoms with E-state index in [1.54, 1.807) is 10.7 Å². The third kappa shape index (κ3) is 1.66. The molecule has 0 saturated carbocycles. The number of nitrogens with one attached hydrogen (secondary N) is 1. The van der Waals surface area contributed by atoms with Gasteiger partial charge in [0.25, 0.3) is 0 Å². The molecule has 2 aromatic rings. The molecule has 2 rings (SSSR count). The number of hydrogen-bond acceptors (Lipinski definition) is 4. The first-order valence-corrected chi connectivity index (χ1v) is 4.84. The van der Waals surface area contributed by atoms with Crippen LogP contribution in [0, 0.1) is 0 Å². The van der Waals surface area contributed by atoms with E-state index in [1.165, 1.54) is 0 Å². The lowest BCUT2D eigenvalue weighted by molar-refractivity contribution is 0.562. The average Bonchev–Trinajstić information content (AvgIpc) is 2.59. The maximum atomic E-state index is 5.38. The van der Waals surface area contributed by atoms with Crippen LogP contribution in [0.25, 0.3) is 5.52 Å². The van der Waals surface area contributed by atoms with Gasteiger partial charge in [0.2, 0.25) is 0 Å². The molecule has 2 aromatic heterocycles. The molecule has 80 valence electrons. The third-order valence-corrected chi connectivity index (χ3v) is 2.29. The fraction of sp³-hybridized carbons (Fsp3) is 0.400. The number of fused-ring (bicyclic) bond motifs is 1. The number of aromatic nitrogens is 3. The van der Waals surface area contributed by atoms with Crippen LogP contribution in [0.15, 0.2) is 18.5 Å². The van der Waals surface area contributed by atoms with Crippen LogP contribution in [0.1, 0.15) is 26.5 Å². The molecule has 0 aliphatic heterocycles. The second-order valence-electron chi connectivity index (χ2n) is 4.53. The molecule has 0 unspecified atom stereocenters. The van der Waals surface area contributed by atoms with Crippen LogP contribution in [0.5, 0.6) is 0 Å². The quantitative estimate of drug-likeness (QED) is 0.544. The van der Waals surface area contributed by atoms with Crippen molar-refractivity contribution in [3.05, 3.63) is 24.2 Å². The maximum Gasteiger partial charge on any atom is 0.166 e. The van der Waals surface area contributed by atoms with E-state index in [1.807, 2.05) is 12.3 Å². The fourth-order valence-electron chi connectivity index (χ4n) is 1.40. The summed E-state index contributed by atoms with van der Waals surface area (Å²) in [6, 6.07) is 2.00. The highest BCUT2D eigenvalue weighted by molar-refractivity contribution is 5.67. The van der Waals surface area contributed by atoms with Gasteiger partial charge in [-0.15, -0.1) is 0 Å². The van der Waals surface area contributed by atoms with Gasteiger partial charge in [0.05, 0.1) is 5.69 Å². The van der Waals surface area contributed by atoms with Crippen LogP contribution in [-0.4, -0.2) is 14.6 Å². The Hall–Kier alpha value is -1.62. The number of nitrogen functional groups attached to an aromatic ring is 1. The van der Waals surface area contributed by atoms with Crippen LogP contribution >= 0.6 is 0 Å². The van der Waals surface area contributed by atoms with Gasteiger partial charge in [-0.25, -0.2) is 15.3 Å². The SMILES string of the molecule is CC(C)(C)c1cc2c(NN)nccn2n1. The van der Waals surface area contributed by atoms with E-state index in [-0.39, 0.29) is 5.41 Å². The van der Waals surface area contributed by atoms with E-state index in [0.717, 1.165) is 11.2 Å². The van der Waals surface area contributed by atoms with Gasteiger partial charge in [-0.2, -0.15) is 5.10 Å². The van der Waals surface area contributed by atoms with Crippen LogP contribution < -0.4 is 11.3 Å². The molecular formula is C10H15N5. The molecule has 0 spiro atoms. The van der Waals surface area contributed by atoms with Crippen molar-refractivity contribution in [2.75, 3.05) is 5.43 Å². The van der Waals surface area contributed by atoms with Gasteiger partial charge in [0, 0.05) is 17.8 Å². The molecule has 15 heavy (non-hydrogen) atoms. The molecule has 0 bridgehead atoms. The lowest BCUT2D eigenvalue weighted by atomic mass is 9.92. The van der Waals surface area contributed by atoms with Crippen molar-refractivity contribution in [1.29, 1.82) is 0 Å². The molecule has 0 radical (unpaired) electrons. The topological polar surface area (TPSA) is 68.2 Å². The molecule has 0 amide bonds. The van der Waals surface area contributed by atoms with Gasteiger partial charge in [0.1, 0.15) is 5.52 Å². The molecule has 2 heterocycles. The summed E-state index contributed by atoms with van der Waals surface area (Å²) in [6.07, 6.45) is 3.48. The lowest BCUT2D eigenvalue weighted by Crippen LogP contribution is -2.11. The normalized spacial score (nSPS) is 12.0. The Balaban J connectivity index is 2.65. The first kappa shape index (κ1) is 9.92. The van der Waals surface area contributed by atoms with Crippen molar-refractivity contribution in [3.8, 4) is 0 Å². The summed E-state index contributed by atoms with van der Waals surface area (Å²) >= 11 is 0. The highest BCUT2D eigenvalue weighted by Crippen LogP contribution is 2.23. The zero-order chi connectivity index (χ0) is 11.1. The average molecular weight is 205 g/mol. The van der Waals surface area contributed by atoms with Crippen molar-refractivity contribution in [1.82, 2.24) is 14.6 Å². The first-order valence-electron chi connectivity index (χ1n) is 4.84. The molecule has 3 N–H and O–H groups in total. The number of hydrogen-bond donors (Lipinski definition) is 2. The Morgan fingerprint density at radius 2 is 2.13 bits per heavy atom. The number of nitrogens with zero attached hydrogens (tertiary/aromatic N) is 3. The predicted molar refractivity (Wildman–Crippen MR) is 59.5 cm³/mol. The second-order valence-corrected chi connectivity index (χ2v) is 4.53. The highest BCUT2D eigenvalue weighted by Gasteiger charge is 2.18. The minimum atomic E-state index is 0.0257. The van der Waals surface area contributed by atoms with Gasteiger partial charge in [-0.3, -0.25) is 0 Å².